The molecule has 2 unspecified atom stereocenters. The Morgan fingerprint density at radius 1 is 1.00 bits per heavy atom. The molecule has 0 aliphatic rings. The first kappa shape index (κ1) is 17.2. The first-order valence-electron chi connectivity index (χ1n) is 8.24. The van der Waals surface area contributed by atoms with Crippen LogP contribution in [0.1, 0.15) is 77.8 Å². The summed E-state index contributed by atoms with van der Waals surface area (Å²) in [4.78, 5) is 0. The van der Waals surface area contributed by atoms with Crippen LogP contribution in [0.15, 0.2) is 24.3 Å². The monoisotopic (exact) mass is 275 g/mol. The Morgan fingerprint density at radius 3 is 2.05 bits per heavy atom. The Hall–Kier alpha value is -0.820. The van der Waals surface area contributed by atoms with Crippen LogP contribution in [0.2, 0.25) is 0 Å². The molecule has 2 atom stereocenters. The standard InChI is InChI=1S/C19H33N/c1-7-9-18(20-14-8-2)15(3)16-10-12-17(13-11-16)19(4,5)6/h10-13,15,18,20H,7-9,14H2,1-6H3. The lowest BCUT2D eigenvalue weighted by Gasteiger charge is -2.26. The van der Waals surface area contributed by atoms with Crippen molar-refractivity contribution < 1.29 is 0 Å². The van der Waals surface area contributed by atoms with Crippen LogP contribution >= 0.6 is 0 Å². The minimum atomic E-state index is 0.241. The van der Waals surface area contributed by atoms with Crippen molar-refractivity contribution in [3.63, 3.8) is 0 Å². The highest BCUT2D eigenvalue weighted by Crippen LogP contribution is 2.27. The summed E-state index contributed by atoms with van der Waals surface area (Å²) < 4.78 is 0. The van der Waals surface area contributed by atoms with Crippen molar-refractivity contribution in [1.82, 2.24) is 5.32 Å². The summed E-state index contributed by atoms with van der Waals surface area (Å²) in [6, 6.07) is 9.84. The number of nitrogens with one attached hydrogen (secondary N) is 1. The number of hydrogen-bond donors (Lipinski definition) is 1. The van der Waals surface area contributed by atoms with Crippen molar-refractivity contribution in [2.75, 3.05) is 6.54 Å². The maximum absolute atomic E-state index is 3.71. The summed E-state index contributed by atoms with van der Waals surface area (Å²) in [5.41, 5.74) is 3.12. The lowest BCUT2D eigenvalue weighted by molar-refractivity contribution is 0.420. The van der Waals surface area contributed by atoms with E-state index in [0.717, 1.165) is 6.54 Å². The van der Waals surface area contributed by atoms with Gasteiger partial charge in [0.25, 0.3) is 0 Å². The van der Waals surface area contributed by atoms with Gasteiger partial charge in [-0.3, -0.25) is 0 Å². The summed E-state index contributed by atoms with van der Waals surface area (Å²) in [6.07, 6.45) is 3.70. The van der Waals surface area contributed by atoms with Crippen LogP contribution in [-0.4, -0.2) is 12.6 Å². The van der Waals surface area contributed by atoms with E-state index in [1.54, 1.807) is 0 Å². The van der Waals surface area contributed by atoms with Crippen LogP contribution < -0.4 is 5.32 Å². The smallest absolute Gasteiger partial charge is 0.0133 e. The van der Waals surface area contributed by atoms with E-state index < -0.39 is 0 Å². The van der Waals surface area contributed by atoms with E-state index in [2.05, 4.69) is 71.1 Å². The van der Waals surface area contributed by atoms with Gasteiger partial charge in [0, 0.05) is 6.04 Å². The summed E-state index contributed by atoms with van der Waals surface area (Å²) in [6.45, 7) is 14.8. The van der Waals surface area contributed by atoms with E-state index in [4.69, 9.17) is 0 Å². The first-order valence-corrected chi connectivity index (χ1v) is 8.24. The fourth-order valence-electron chi connectivity index (χ4n) is 2.69. The second-order valence-corrected chi connectivity index (χ2v) is 7.01. The minimum absolute atomic E-state index is 0.241. The molecule has 0 bridgehead atoms. The SMILES string of the molecule is CCCNC(CCC)C(C)c1ccc(C(C)(C)C)cc1. The highest BCUT2D eigenvalue weighted by atomic mass is 14.9. The Kier molecular flexibility index (Phi) is 6.75. The van der Waals surface area contributed by atoms with Crippen LogP contribution in [0.4, 0.5) is 0 Å². The zero-order valence-corrected chi connectivity index (χ0v) is 14.3. The molecule has 1 rings (SSSR count). The molecule has 0 radical (unpaired) electrons. The molecule has 0 heterocycles. The third kappa shape index (κ3) is 4.94. The predicted molar refractivity (Wildman–Crippen MR) is 90.5 cm³/mol. The van der Waals surface area contributed by atoms with Crippen molar-refractivity contribution in [2.45, 2.75) is 78.2 Å². The van der Waals surface area contributed by atoms with Gasteiger partial charge < -0.3 is 5.32 Å². The molecular weight excluding hydrogens is 242 g/mol. The minimum Gasteiger partial charge on any atom is -0.313 e. The molecule has 0 saturated carbocycles. The van der Waals surface area contributed by atoms with Gasteiger partial charge in [0.2, 0.25) is 0 Å². The molecule has 0 aromatic heterocycles. The molecule has 1 N–H and O–H groups in total. The molecule has 0 fully saturated rings. The predicted octanol–water partition coefficient (Wildman–Crippen LogP) is 5.26. The van der Waals surface area contributed by atoms with E-state index in [1.807, 2.05) is 0 Å². The molecule has 0 aliphatic carbocycles. The molecule has 1 heteroatoms. The molecule has 1 aromatic rings. The van der Waals surface area contributed by atoms with Crippen LogP contribution in [-0.2, 0) is 5.41 Å². The van der Waals surface area contributed by atoms with Gasteiger partial charge in [0.05, 0.1) is 0 Å². The van der Waals surface area contributed by atoms with Gasteiger partial charge in [-0.25, -0.2) is 0 Å². The molecule has 0 saturated heterocycles. The molecule has 0 aliphatic heterocycles. The quantitative estimate of drug-likeness (QED) is 0.716. The van der Waals surface area contributed by atoms with E-state index >= 15 is 0 Å². The van der Waals surface area contributed by atoms with E-state index in [-0.39, 0.29) is 5.41 Å². The first-order chi connectivity index (χ1) is 9.40. The number of benzene rings is 1. The molecule has 0 amide bonds. The highest BCUT2D eigenvalue weighted by molar-refractivity contribution is 5.30. The Bertz CT molecular complexity index is 372. The third-order valence-electron chi connectivity index (χ3n) is 4.16. The van der Waals surface area contributed by atoms with E-state index in [1.165, 1.54) is 30.4 Å². The van der Waals surface area contributed by atoms with Crippen LogP contribution in [0.5, 0.6) is 0 Å². The van der Waals surface area contributed by atoms with Crippen molar-refractivity contribution in [3.8, 4) is 0 Å². The normalized spacial score (nSPS) is 15.1. The third-order valence-corrected chi connectivity index (χ3v) is 4.16. The van der Waals surface area contributed by atoms with Gasteiger partial charge in [-0.15, -0.1) is 0 Å². The van der Waals surface area contributed by atoms with Gasteiger partial charge in [0.15, 0.2) is 0 Å². The maximum atomic E-state index is 3.71. The molecular formula is C19H33N. The molecule has 114 valence electrons. The molecule has 20 heavy (non-hydrogen) atoms. The second kappa shape index (κ2) is 7.83. The lowest BCUT2D eigenvalue weighted by Crippen LogP contribution is -2.34. The summed E-state index contributed by atoms with van der Waals surface area (Å²) in [5.74, 6) is 0.579. The van der Waals surface area contributed by atoms with Crippen molar-refractivity contribution in [1.29, 1.82) is 0 Å². The number of rotatable bonds is 7. The van der Waals surface area contributed by atoms with Gasteiger partial charge >= 0.3 is 0 Å². The maximum Gasteiger partial charge on any atom is 0.0133 e. The topological polar surface area (TPSA) is 12.0 Å². The van der Waals surface area contributed by atoms with E-state index in [9.17, 15) is 0 Å². The highest BCUT2D eigenvalue weighted by Gasteiger charge is 2.19. The van der Waals surface area contributed by atoms with Gasteiger partial charge in [-0.05, 0) is 41.8 Å². The lowest BCUT2D eigenvalue weighted by atomic mass is 9.84. The Labute approximate surface area is 126 Å². The largest absolute Gasteiger partial charge is 0.313 e. The van der Waals surface area contributed by atoms with Gasteiger partial charge in [-0.1, -0.05) is 72.2 Å². The summed E-state index contributed by atoms with van der Waals surface area (Å²) in [5, 5.41) is 3.71. The van der Waals surface area contributed by atoms with Crippen LogP contribution in [0.25, 0.3) is 0 Å². The number of hydrogen-bond acceptors (Lipinski definition) is 1. The molecule has 0 spiro atoms. The van der Waals surface area contributed by atoms with Crippen molar-refractivity contribution >= 4 is 0 Å². The molecule has 1 aromatic carbocycles. The average Bonchev–Trinajstić information content (AvgIpc) is 2.42. The zero-order valence-electron chi connectivity index (χ0n) is 14.3. The summed E-state index contributed by atoms with van der Waals surface area (Å²) >= 11 is 0. The Balaban J connectivity index is 2.80. The fourth-order valence-corrected chi connectivity index (χ4v) is 2.69. The molecule has 1 nitrogen and oxygen atoms in total. The zero-order chi connectivity index (χ0) is 15.2. The van der Waals surface area contributed by atoms with Crippen molar-refractivity contribution in [3.05, 3.63) is 35.4 Å². The van der Waals surface area contributed by atoms with Gasteiger partial charge in [-0.2, -0.15) is 0 Å². The van der Waals surface area contributed by atoms with Crippen LogP contribution in [0, 0.1) is 0 Å². The van der Waals surface area contributed by atoms with Gasteiger partial charge in [0.1, 0.15) is 0 Å². The second-order valence-electron chi connectivity index (χ2n) is 7.01. The van der Waals surface area contributed by atoms with Crippen molar-refractivity contribution in [2.24, 2.45) is 0 Å². The summed E-state index contributed by atoms with van der Waals surface area (Å²) in [7, 11) is 0. The van der Waals surface area contributed by atoms with Crippen LogP contribution in [0.3, 0.4) is 0 Å². The van der Waals surface area contributed by atoms with E-state index in [0.29, 0.717) is 12.0 Å². The average molecular weight is 275 g/mol. The Morgan fingerprint density at radius 2 is 1.60 bits per heavy atom. The fraction of sp³-hybridized carbons (Fsp3) is 0.684.